The van der Waals surface area contributed by atoms with Crippen molar-refractivity contribution in [3.05, 3.63) is 97.2 Å². The van der Waals surface area contributed by atoms with Crippen LogP contribution in [-0.4, -0.2) is 99.6 Å². The van der Waals surface area contributed by atoms with Crippen molar-refractivity contribution < 1.29 is 49.3 Å². The van der Waals surface area contributed by atoms with Gasteiger partial charge in [0.2, 0.25) is 5.91 Å². The van der Waals surface area contributed by atoms with E-state index in [0.717, 1.165) is 109 Å². The number of ether oxygens (including phenoxy) is 3. The highest BCUT2D eigenvalue weighted by molar-refractivity contribution is 5.80. The number of unbranched alkanes of at least 4 members (excludes halogenated alkanes) is 37. The SMILES string of the molecule is CC/C=C\C/C=C\C/C=C\C/C=C\C/C=C\CCCCCCCCCCCC(=O)OC1C(OCC(NC(=O)C(O)CCCCCCCCCCCCCCCC/C=C\C/C=C\CCCCC)C(O)/C=C/CCCCCCCCCCCCC)OC(CO)C(O)C1O. The summed E-state index contributed by atoms with van der Waals surface area (Å²) in [6.45, 7) is 5.69. The smallest absolute Gasteiger partial charge is 0.306 e. The standard InChI is InChI=1S/C80H141NO10/c1-4-7-10-13-16-19-22-25-27-29-31-33-35-37-39-41-43-45-47-50-53-56-59-62-65-68-75(85)91-78-77(87)76(86)74(69-82)90-80(78)89-70-71(72(83)66-63-60-57-54-51-48-24-21-18-15-12-9-6-3)81-79(88)73(84)67-64-61-58-55-52-49-46-44-42-40-38-36-34-32-30-28-26-23-20-17-14-11-8-5-2/h7,10,16-17,19-20,25-28,31,33,37,39,63,66,71-74,76-78,80,82-84,86-87H,4-6,8-9,11-15,18,21-24,29-30,32,34-36,38,40-62,64-65,67-70H2,1-3H3,(H,81,88)/b10-7-,19-16-,20-17-,27-25-,28-26-,33-31-,39-37-,66-63+. The van der Waals surface area contributed by atoms with Gasteiger partial charge in [0.25, 0.3) is 0 Å². The zero-order chi connectivity index (χ0) is 66.0. The molecule has 0 radical (unpaired) electrons. The molecule has 0 spiro atoms. The van der Waals surface area contributed by atoms with Crippen LogP contribution < -0.4 is 5.32 Å². The van der Waals surface area contributed by atoms with E-state index in [0.29, 0.717) is 12.8 Å². The van der Waals surface area contributed by atoms with Crippen LogP contribution in [0, 0.1) is 0 Å². The topological polar surface area (TPSA) is 175 Å². The van der Waals surface area contributed by atoms with Crippen LogP contribution >= 0.6 is 0 Å². The van der Waals surface area contributed by atoms with E-state index in [2.05, 4.69) is 111 Å². The average Bonchev–Trinajstić information content (AvgIpc) is 1.09. The van der Waals surface area contributed by atoms with Crippen LogP contribution in [0.1, 0.15) is 335 Å². The highest BCUT2D eigenvalue weighted by Crippen LogP contribution is 2.26. The van der Waals surface area contributed by atoms with E-state index in [-0.39, 0.29) is 19.4 Å². The minimum atomic E-state index is -1.62. The second-order valence-corrected chi connectivity index (χ2v) is 26.0. The maximum atomic E-state index is 13.5. The molecule has 0 bridgehead atoms. The molecule has 0 aromatic rings. The van der Waals surface area contributed by atoms with Gasteiger partial charge in [-0.2, -0.15) is 0 Å². The van der Waals surface area contributed by atoms with E-state index < -0.39 is 67.4 Å². The third kappa shape index (κ3) is 53.5. The molecule has 91 heavy (non-hydrogen) atoms. The third-order valence-electron chi connectivity index (χ3n) is 17.5. The summed E-state index contributed by atoms with van der Waals surface area (Å²) in [6.07, 6.45) is 80.1. The van der Waals surface area contributed by atoms with Crippen LogP contribution in [0.2, 0.25) is 0 Å². The molecule has 0 aromatic heterocycles. The average molecular weight is 1280 g/mol. The van der Waals surface area contributed by atoms with Gasteiger partial charge in [-0.05, 0) is 103 Å². The lowest BCUT2D eigenvalue weighted by molar-refractivity contribution is -0.305. The summed E-state index contributed by atoms with van der Waals surface area (Å²) in [4.78, 5) is 26.8. The first-order valence-corrected chi connectivity index (χ1v) is 38.0. The zero-order valence-corrected chi connectivity index (χ0v) is 58.7. The van der Waals surface area contributed by atoms with Crippen molar-refractivity contribution in [2.75, 3.05) is 13.2 Å². The molecule has 8 unspecified atom stereocenters. The van der Waals surface area contributed by atoms with Crippen LogP contribution in [-0.2, 0) is 23.8 Å². The number of esters is 1. The number of carbonyl (C=O) groups is 2. The fourth-order valence-corrected chi connectivity index (χ4v) is 11.5. The van der Waals surface area contributed by atoms with Crippen LogP contribution in [0.15, 0.2) is 97.2 Å². The summed E-state index contributed by atoms with van der Waals surface area (Å²) < 4.78 is 17.7. The van der Waals surface area contributed by atoms with Gasteiger partial charge in [-0.25, -0.2) is 0 Å². The molecule has 11 nitrogen and oxygen atoms in total. The van der Waals surface area contributed by atoms with Crippen molar-refractivity contribution in [1.29, 1.82) is 0 Å². The highest BCUT2D eigenvalue weighted by Gasteiger charge is 2.47. The van der Waals surface area contributed by atoms with Crippen molar-refractivity contribution in [3.63, 3.8) is 0 Å². The van der Waals surface area contributed by atoms with Gasteiger partial charge in [-0.15, -0.1) is 0 Å². The number of rotatable bonds is 65. The van der Waals surface area contributed by atoms with Crippen molar-refractivity contribution in [2.24, 2.45) is 0 Å². The molecule has 526 valence electrons. The van der Waals surface area contributed by atoms with E-state index >= 15 is 0 Å². The fourth-order valence-electron chi connectivity index (χ4n) is 11.5. The molecule has 1 heterocycles. The van der Waals surface area contributed by atoms with E-state index in [4.69, 9.17) is 14.2 Å². The molecular weight excluding hydrogens is 1130 g/mol. The molecule has 1 rings (SSSR count). The molecule has 6 N–H and O–H groups in total. The Balaban J connectivity index is 2.55. The number of allylic oxidation sites excluding steroid dienone is 15. The third-order valence-corrected chi connectivity index (χ3v) is 17.5. The molecule has 8 atom stereocenters. The highest BCUT2D eigenvalue weighted by atomic mass is 16.7. The summed E-state index contributed by atoms with van der Waals surface area (Å²) in [5, 5.41) is 57.4. The summed E-state index contributed by atoms with van der Waals surface area (Å²) in [5.41, 5.74) is 0. The lowest BCUT2D eigenvalue weighted by atomic mass is 9.99. The van der Waals surface area contributed by atoms with Gasteiger partial charge in [0, 0.05) is 6.42 Å². The maximum absolute atomic E-state index is 13.5. The molecule has 11 heteroatoms. The Morgan fingerprint density at radius 1 is 0.440 bits per heavy atom. The van der Waals surface area contributed by atoms with Gasteiger partial charge in [0.1, 0.15) is 24.4 Å². The van der Waals surface area contributed by atoms with Crippen molar-refractivity contribution in [2.45, 2.75) is 384 Å². The number of hydrogen-bond donors (Lipinski definition) is 6. The Labute approximate surface area is 558 Å². The Kier molecular flexibility index (Phi) is 62.6. The summed E-state index contributed by atoms with van der Waals surface area (Å²) in [7, 11) is 0. The first-order valence-electron chi connectivity index (χ1n) is 38.0. The second kappa shape index (κ2) is 66.6. The fraction of sp³-hybridized carbons (Fsp3) is 0.775. The molecule has 0 aromatic carbocycles. The number of amides is 1. The van der Waals surface area contributed by atoms with Crippen LogP contribution in [0.3, 0.4) is 0 Å². The lowest BCUT2D eigenvalue weighted by Gasteiger charge is -2.41. The largest absolute Gasteiger partial charge is 0.454 e. The van der Waals surface area contributed by atoms with Crippen LogP contribution in [0.5, 0.6) is 0 Å². The second-order valence-electron chi connectivity index (χ2n) is 26.0. The Morgan fingerprint density at radius 2 is 0.791 bits per heavy atom. The molecule has 1 aliphatic rings. The van der Waals surface area contributed by atoms with E-state index in [9.17, 15) is 35.1 Å². The maximum Gasteiger partial charge on any atom is 0.306 e. The minimum absolute atomic E-state index is 0.113. The minimum Gasteiger partial charge on any atom is -0.454 e. The van der Waals surface area contributed by atoms with Gasteiger partial charge in [0.05, 0.1) is 25.4 Å². The summed E-state index contributed by atoms with van der Waals surface area (Å²) in [6, 6.07) is -1.03. The first kappa shape index (κ1) is 85.6. The number of hydrogen-bond acceptors (Lipinski definition) is 10. The number of aliphatic hydroxyl groups excluding tert-OH is 5. The van der Waals surface area contributed by atoms with Gasteiger partial charge in [-0.3, -0.25) is 9.59 Å². The summed E-state index contributed by atoms with van der Waals surface area (Å²) in [5.74, 6) is -1.19. The van der Waals surface area contributed by atoms with Gasteiger partial charge >= 0.3 is 5.97 Å². The van der Waals surface area contributed by atoms with E-state index in [1.165, 1.54) is 180 Å². The Morgan fingerprint density at radius 3 is 1.21 bits per heavy atom. The molecule has 0 saturated carbocycles. The molecular formula is C80H141NO10. The zero-order valence-electron chi connectivity index (χ0n) is 58.7. The van der Waals surface area contributed by atoms with E-state index in [1.54, 1.807) is 6.08 Å². The number of carbonyl (C=O) groups excluding carboxylic acids is 2. The number of aliphatic hydroxyl groups is 5. The van der Waals surface area contributed by atoms with Crippen molar-refractivity contribution in [1.82, 2.24) is 5.32 Å². The van der Waals surface area contributed by atoms with Gasteiger partial charge in [0.15, 0.2) is 12.4 Å². The van der Waals surface area contributed by atoms with Gasteiger partial charge in [-0.1, -0.05) is 323 Å². The summed E-state index contributed by atoms with van der Waals surface area (Å²) >= 11 is 0. The van der Waals surface area contributed by atoms with Crippen LogP contribution in [0.4, 0.5) is 0 Å². The first-order chi connectivity index (χ1) is 44.7. The Bertz CT molecular complexity index is 1860. The molecule has 1 saturated heterocycles. The monoisotopic (exact) mass is 1280 g/mol. The molecule has 0 aliphatic carbocycles. The molecule has 1 amide bonds. The number of nitrogens with one attached hydrogen (secondary N) is 1. The predicted molar refractivity (Wildman–Crippen MR) is 384 cm³/mol. The van der Waals surface area contributed by atoms with Crippen LogP contribution in [0.25, 0.3) is 0 Å². The van der Waals surface area contributed by atoms with E-state index in [1.807, 2.05) is 6.08 Å². The quantitative estimate of drug-likeness (QED) is 0.0195. The van der Waals surface area contributed by atoms with Crippen molar-refractivity contribution in [3.8, 4) is 0 Å². The normalized spacial score (nSPS) is 18.5. The molecule has 1 aliphatic heterocycles. The Hall–Kier alpha value is -3.42. The van der Waals surface area contributed by atoms with Crippen molar-refractivity contribution >= 4 is 11.9 Å². The lowest BCUT2D eigenvalue weighted by Crippen LogP contribution is -2.61. The predicted octanol–water partition coefficient (Wildman–Crippen LogP) is 20.2. The molecule has 1 fully saturated rings. The van der Waals surface area contributed by atoms with Gasteiger partial charge < -0.3 is 45.1 Å².